The number of unbranched alkanes of at least 4 members (excludes halogenated alkanes) is 1. The van der Waals surface area contributed by atoms with E-state index in [2.05, 4.69) is 27.1 Å². The summed E-state index contributed by atoms with van der Waals surface area (Å²) in [7, 11) is 0. The summed E-state index contributed by atoms with van der Waals surface area (Å²) in [5.41, 5.74) is 0.696. The third kappa shape index (κ3) is 5.34. The Morgan fingerprint density at radius 3 is 2.86 bits per heavy atom. The summed E-state index contributed by atoms with van der Waals surface area (Å²) < 4.78 is 19.1. The maximum Gasteiger partial charge on any atom is 0.317 e. The van der Waals surface area contributed by atoms with Gasteiger partial charge < -0.3 is 19.9 Å². The molecule has 1 aromatic heterocycles. The van der Waals surface area contributed by atoms with Crippen LogP contribution < -0.4 is 15.0 Å². The fraction of sp³-hybridized carbons (Fsp3) is 0.476. The number of hydrogen-bond donors (Lipinski definition) is 1. The molecule has 1 atom stereocenters. The van der Waals surface area contributed by atoms with Gasteiger partial charge >= 0.3 is 6.03 Å². The molecule has 0 aliphatic carbocycles. The molecule has 1 aromatic carbocycles. The molecule has 1 fully saturated rings. The number of amides is 2. The van der Waals surface area contributed by atoms with E-state index in [1.54, 1.807) is 19.1 Å². The van der Waals surface area contributed by atoms with E-state index in [1.807, 2.05) is 11.8 Å². The van der Waals surface area contributed by atoms with Crippen LogP contribution in [-0.2, 0) is 0 Å². The molecule has 3 rings (SSSR count). The van der Waals surface area contributed by atoms with Crippen molar-refractivity contribution in [2.45, 2.75) is 39.7 Å². The molecule has 29 heavy (non-hydrogen) atoms. The Morgan fingerprint density at radius 2 is 2.14 bits per heavy atom. The normalized spacial score (nSPS) is 16.6. The van der Waals surface area contributed by atoms with Gasteiger partial charge in [-0.2, -0.15) is 0 Å². The van der Waals surface area contributed by atoms with Crippen molar-refractivity contribution in [2.75, 3.05) is 31.1 Å². The van der Waals surface area contributed by atoms with Crippen molar-refractivity contribution in [1.29, 1.82) is 0 Å². The van der Waals surface area contributed by atoms with Gasteiger partial charge in [0.15, 0.2) is 0 Å². The molecule has 0 bridgehead atoms. The van der Waals surface area contributed by atoms with Gasteiger partial charge in [-0.3, -0.25) is 0 Å². The van der Waals surface area contributed by atoms with Gasteiger partial charge in [0.2, 0.25) is 5.88 Å². The average molecular weight is 401 g/mol. The number of rotatable bonds is 6. The summed E-state index contributed by atoms with van der Waals surface area (Å²) in [6.07, 6.45) is 3.49. The number of ether oxygens (including phenoxy) is 1. The monoisotopic (exact) mass is 401 g/mol. The van der Waals surface area contributed by atoms with Gasteiger partial charge in [-0.05, 0) is 44.0 Å². The molecule has 7 nitrogen and oxygen atoms in total. The number of carbonyl (C=O) groups is 1. The first kappa shape index (κ1) is 20.8. The highest BCUT2D eigenvalue weighted by Gasteiger charge is 2.28. The summed E-state index contributed by atoms with van der Waals surface area (Å²) in [5, 5.41) is 2.98. The molecule has 156 valence electrons. The molecular formula is C21H28FN5O2. The first-order valence-corrected chi connectivity index (χ1v) is 10.0. The standard InChI is InChI=1S/C21H28FN5O2/c1-4-5-8-23-21(28)27-10-9-26(13-16(27)3)19-12-20(25-14-24-19)29-18-7-6-17(22)11-15(18)2/h6-7,11-12,14,16H,4-5,8-10,13H2,1-3H3,(H,23,28)/t16-/m0/s1. The van der Waals surface area contributed by atoms with Crippen LogP contribution in [0, 0.1) is 12.7 Å². The lowest BCUT2D eigenvalue weighted by Crippen LogP contribution is -2.56. The quantitative estimate of drug-likeness (QED) is 0.747. The molecule has 1 saturated heterocycles. The fourth-order valence-electron chi connectivity index (χ4n) is 3.34. The van der Waals surface area contributed by atoms with Crippen LogP contribution in [0.1, 0.15) is 32.3 Å². The van der Waals surface area contributed by atoms with Crippen LogP contribution in [0.2, 0.25) is 0 Å². The molecule has 1 N–H and O–H groups in total. The lowest BCUT2D eigenvalue weighted by molar-refractivity contribution is 0.171. The van der Waals surface area contributed by atoms with Gasteiger partial charge in [0.05, 0.1) is 0 Å². The van der Waals surface area contributed by atoms with Crippen LogP contribution >= 0.6 is 0 Å². The van der Waals surface area contributed by atoms with Crippen LogP contribution in [0.3, 0.4) is 0 Å². The Labute approximate surface area is 170 Å². The number of carbonyl (C=O) groups excluding carboxylic acids is 1. The summed E-state index contributed by atoms with van der Waals surface area (Å²) in [4.78, 5) is 24.9. The number of nitrogens with one attached hydrogen (secondary N) is 1. The average Bonchev–Trinajstić information content (AvgIpc) is 2.70. The highest BCUT2D eigenvalue weighted by Crippen LogP contribution is 2.26. The first-order chi connectivity index (χ1) is 14.0. The van der Waals surface area contributed by atoms with Crippen LogP contribution in [0.25, 0.3) is 0 Å². The second-order valence-corrected chi connectivity index (χ2v) is 7.30. The smallest absolute Gasteiger partial charge is 0.317 e. The minimum absolute atomic E-state index is 0.0101. The number of urea groups is 1. The van der Waals surface area contributed by atoms with Crippen LogP contribution in [-0.4, -0.2) is 53.1 Å². The molecule has 0 radical (unpaired) electrons. The van der Waals surface area contributed by atoms with Crippen LogP contribution in [0.4, 0.5) is 15.0 Å². The van der Waals surface area contributed by atoms with Crippen molar-refractivity contribution >= 4 is 11.8 Å². The molecule has 0 spiro atoms. The van der Waals surface area contributed by atoms with Crippen molar-refractivity contribution in [3.63, 3.8) is 0 Å². The number of piperazine rings is 1. The summed E-state index contributed by atoms with van der Waals surface area (Å²) in [6, 6.07) is 6.19. The number of aryl methyl sites for hydroxylation is 1. The molecule has 0 saturated carbocycles. The molecule has 1 aliphatic heterocycles. The van der Waals surface area contributed by atoms with Crippen molar-refractivity contribution in [2.24, 2.45) is 0 Å². The van der Waals surface area contributed by atoms with Crippen molar-refractivity contribution in [1.82, 2.24) is 20.2 Å². The fourth-order valence-corrected chi connectivity index (χ4v) is 3.34. The maximum atomic E-state index is 13.3. The van der Waals surface area contributed by atoms with E-state index in [-0.39, 0.29) is 17.9 Å². The van der Waals surface area contributed by atoms with Crippen LogP contribution in [0.5, 0.6) is 11.6 Å². The lowest BCUT2D eigenvalue weighted by Gasteiger charge is -2.40. The Hall–Kier alpha value is -2.90. The Morgan fingerprint density at radius 1 is 1.31 bits per heavy atom. The van der Waals surface area contributed by atoms with E-state index >= 15 is 0 Å². The number of nitrogens with zero attached hydrogens (tertiary/aromatic N) is 4. The SMILES string of the molecule is CCCCNC(=O)N1CCN(c2cc(Oc3ccc(F)cc3C)ncn2)C[C@@H]1C. The van der Waals surface area contributed by atoms with Crippen molar-refractivity contribution in [3.8, 4) is 11.6 Å². The maximum absolute atomic E-state index is 13.3. The second-order valence-electron chi connectivity index (χ2n) is 7.30. The Balaban J connectivity index is 1.63. The van der Waals surface area contributed by atoms with E-state index in [4.69, 9.17) is 4.74 Å². The number of halogens is 1. The molecule has 0 unspecified atom stereocenters. The zero-order chi connectivity index (χ0) is 20.8. The summed E-state index contributed by atoms with van der Waals surface area (Å²) in [6.45, 7) is 8.60. The number of anilines is 1. The van der Waals surface area contributed by atoms with E-state index in [0.717, 1.165) is 18.7 Å². The van der Waals surface area contributed by atoms with Crippen LogP contribution in [0.15, 0.2) is 30.6 Å². The zero-order valence-electron chi connectivity index (χ0n) is 17.2. The number of benzene rings is 1. The molecule has 8 heteroatoms. The van der Waals surface area contributed by atoms with E-state index in [9.17, 15) is 9.18 Å². The minimum atomic E-state index is -0.302. The van der Waals surface area contributed by atoms with Gasteiger partial charge in [-0.25, -0.2) is 19.2 Å². The molecule has 2 heterocycles. The second kappa shape index (κ2) is 9.54. The molecular weight excluding hydrogens is 373 g/mol. The summed E-state index contributed by atoms with van der Waals surface area (Å²) >= 11 is 0. The minimum Gasteiger partial charge on any atom is -0.439 e. The highest BCUT2D eigenvalue weighted by molar-refractivity contribution is 5.75. The highest BCUT2D eigenvalue weighted by atomic mass is 19.1. The van der Waals surface area contributed by atoms with E-state index in [0.29, 0.717) is 43.4 Å². The van der Waals surface area contributed by atoms with Crippen molar-refractivity contribution in [3.05, 3.63) is 42.0 Å². The third-order valence-corrected chi connectivity index (χ3v) is 5.00. The first-order valence-electron chi connectivity index (χ1n) is 10.0. The predicted molar refractivity (Wildman–Crippen MR) is 110 cm³/mol. The zero-order valence-corrected chi connectivity index (χ0v) is 17.2. The topological polar surface area (TPSA) is 70.6 Å². The van der Waals surface area contributed by atoms with E-state index in [1.165, 1.54) is 18.5 Å². The van der Waals surface area contributed by atoms with Crippen molar-refractivity contribution < 1.29 is 13.9 Å². The Kier molecular flexibility index (Phi) is 6.85. The number of hydrogen-bond acceptors (Lipinski definition) is 5. The Bertz CT molecular complexity index is 848. The van der Waals surface area contributed by atoms with Gasteiger partial charge in [-0.15, -0.1) is 0 Å². The number of aromatic nitrogens is 2. The van der Waals surface area contributed by atoms with E-state index < -0.39 is 0 Å². The van der Waals surface area contributed by atoms with Gasteiger partial charge in [0.1, 0.15) is 23.7 Å². The predicted octanol–water partition coefficient (Wildman–Crippen LogP) is 3.74. The molecule has 1 aliphatic rings. The third-order valence-electron chi connectivity index (χ3n) is 5.00. The lowest BCUT2D eigenvalue weighted by atomic mass is 10.2. The summed E-state index contributed by atoms with van der Waals surface area (Å²) in [5.74, 6) is 1.39. The molecule has 2 amide bonds. The van der Waals surface area contributed by atoms with Gasteiger partial charge in [0.25, 0.3) is 0 Å². The van der Waals surface area contributed by atoms with Gasteiger partial charge in [-0.1, -0.05) is 13.3 Å². The van der Waals surface area contributed by atoms with Gasteiger partial charge in [0, 0.05) is 38.3 Å². The largest absolute Gasteiger partial charge is 0.439 e. The molecule has 2 aromatic rings.